The molecule has 10 aromatic rings. The van der Waals surface area contributed by atoms with E-state index in [-0.39, 0.29) is 52.2 Å². The van der Waals surface area contributed by atoms with E-state index in [0.29, 0.717) is 57.6 Å². The standard InChI is InChI=1S/C81H79N5O18S6/c1-53(55-5-35-76(36-6-55)105(87,88)89)47-62(58-9-39-78(40-10-58)107(93,94)95)49-64(57-3-19-68(20-4-57)83-70-23-27-72(28-24-70)85-74-31-33-75(34-32-74)86-73-29-25-71(26-30-73)84-69-21-17-67(82)18-22-69)51-66(61-15-45-81(46-16-61)110(102,103)104)52-65(60-13-43-80(44-14-60)109(99,100)101)50-63(59-11-41-79(42-12-59)108(96,97)98)48-54(2)56-7-37-77(38-8-56)106(90,91)92/h3-46,53-54,62-66,83-84H,47-52,82H2,1-2H3,(H,87,88,89)(H,90,91,92)(H,93,94,95)(H,96,97,98)(H,99,100,101)(H,102,103,104). The van der Waals surface area contributed by atoms with Crippen molar-refractivity contribution in [2.75, 3.05) is 16.4 Å². The molecule has 29 heteroatoms. The molecule has 10 N–H and O–H groups in total. The predicted octanol–water partition coefficient (Wildman–Crippen LogP) is 12.9. The summed E-state index contributed by atoms with van der Waals surface area (Å²) in [6.07, 6.45) is 9.35. The number of anilines is 5. The van der Waals surface area contributed by atoms with Crippen LogP contribution in [0, 0.1) is 0 Å². The Morgan fingerprint density at radius 1 is 0.291 bits per heavy atom. The fourth-order valence-corrected chi connectivity index (χ4v) is 16.8. The zero-order valence-electron chi connectivity index (χ0n) is 59.2. The molecule has 7 unspecified atom stereocenters. The molecule has 0 aromatic heterocycles. The fraction of sp³-hybridized carbons (Fsp3) is 0.185. The lowest BCUT2D eigenvalue weighted by Crippen LogP contribution is -2.68. The van der Waals surface area contributed by atoms with Crippen LogP contribution >= 0.6 is 0 Å². The van der Waals surface area contributed by atoms with Gasteiger partial charge in [-0.2, -0.15) is 33.7 Å². The molecule has 0 bridgehead atoms. The molecule has 0 heterocycles. The van der Waals surface area contributed by atoms with Crippen LogP contribution in [0.4, 0.5) is 39.8 Å². The molecule has 1 aliphatic rings. The van der Waals surface area contributed by atoms with Crippen LogP contribution < -0.4 is 26.4 Å². The number of allylic oxidation sites excluding steroid dienone is 4. The Kier molecular flexibility index (Phi) is 25.0. The Hall–Kier alpha value is -10.1. The minimum atomic E-state index is -4.99. The molecule has 23 nitrogen and oxygen atoms in total. The van der Waals surface area contributed by atoms with E-state index in [1.54, 1.807) is 48.5 Å². The van der Waals surface area contributed by atoms with Gasteiger partial charge in [0.1, 0.15) is 20.2 Å². The molecular weight excluding hydrogens is 1520 g/mol. The third-order valence-electron chi connectivity index (χ3n) is 19.7. The molecule has 0 fully saturated rings. The van der Waals surface area contributed by atoms with Crippen LogP contribution in [-0.4, -0.2) is 89.2 Å². The molecule has 572 valence electrons. The zero-order valence-corrected chi connectivity index (χ0v) is 64.1. The van der Waals surface area contributed by atoms with E-state index in [4.69, 9.17) is 5.73 Å². The number of nitrogen functional groups attached to an aromatic ring is 1. The third-order valence-corrected chi connectivity index (χ3v) is 24.9. The number of hydrogen-bond donors (Lipinski definition) is 9. The van der Waals surface area contributed by atoms with Gasteiger partial charge in [-0.25, -0.2) is 26.8 Å². The van der Waals surface area contributed by atoms with E-state index in [1.807, 2.05) is 135 Å². The molecule has 110 heavy (non-hydrogen) atoms. The van der Waals surface area contributed by atoms with Crippen LogP contribution in [0.2, 0.25) is 0 Å². The van der Waals surface area contributed by atoms with Crippen LogP contribution in [-0.2, 0) is 60.7 Å². The first-order valence-electron chi connectivity index (χ1n) is 34.7. The monoisotopic (exact) mass is 1600 g/mol. The Bertz CT molecular complexity index is 5770. The quantitative estimate of drug-likeness (QED) is 0.0111. The van der Waals surface area contributed by atoms with E-state index in [1.165, 1.54) is 97.1 Å². The highest BCUT2D eigenvalue weighted by molar-refractivity contribution is 7.87. The average molecular weight is 1600 g/mol. The van der Waals surface area contributed by atoms with Gasteiger partial charge in [0.2, 0.25) is 22.8 Å². The molecule has 0 saturated carbocycles. The maximum atomic E-state index is 12.6. The van der Waals surface area contributed by atoms with E-state index in [2.05, 4.69) is 20.6 Å². The van der Waals surface area contributed by atoms with Gasteiger partial charge >= 0.3 is 0 Å². The van der Waals surface area contributed by atoms with Crippen molar-refractivity contribution in [2.45, 2.75) is 123 Å². The summed E-state index contributed by atoms with van der Waals surface area (Å²) in [6.45, 7) is 3.80. The smallest absolute Gasteiger partial charge is 0.294 e. The number of benzene rings is 10. The molecule has 0 saturated heterocycles. The Morgan fingerprint density at radius 2 is 0.491 bits per heavy atom. The molecule has 7 atom stereocenters. The lowest BCUT2D eigenvalue weighted by Gasteiger charge is -2.33. The Morgan fingerprint density at radius 3 is 0.727 bits per heavy atom. The molecule has 0 radical (unpaired) electrons. The van der Waals surface area contributed by atoms with Gasteiger partial charge in [-0.1, -0.05) is 98.8 Å². The topological polar surface area (TPSA) is 410 Å². The van der Waals surface area contributed by atoms with Crippen molar-refractivity contribution in [1.82, 2.24) is 0 Å². The molecule has 0 aliphatic heterocycles. The van der Waals surface area contributed by atoms with Crippen LogP contribution in [0.1, 0.15) is 133 Å². The summed E-state index contributed by atoms with van der Waals surface area (Å²) in [5, 5.41) is 6.85. The van der Waals surface area contributed by atoms with Crippen molar-refractivity contribution in [3.8, 4) is 0 Å². The molecule has 0 spiro atoms. The lowest BCUT2D eigenvalue weighted by molar-refractivity contribution is -0.353. The summed E-state index contributed by atoms with van der Waals surface area (Å²) < 4.78 is 214. The van der Waals surface area contributed by atoms with Crippen molar-refractivity contribution in [2.24, 2.45) is 0 Å². The summed E-state index contributed by atoms with van der Waals surface area (Å²) in [5.41, 5.74) is 17.7. The Balaban J connectivity index is 0.957. The minimum Gasteiger partial charge on any atom is -0.744 e. The van der Waals surface area contributed by atoms with Crippen LogP contribution in [0.5, 0.6) is 0 Å². The van der Waals surface area contributed by atoms with Gasteiger partial charge in [0.05, 0.1) is 29.4 Å². The van der Waals surface area contributed by atoms with Crippen LogP contribution in [0.3, 0.4) is 0 Å². The van der Waals surface area contributed by atoms with Crippen molar-refractivity contribution >= 4 is 112 Å². The van der Waals surface area contributed by atoms with Crippen LogP contribution in [0.25, 0.3) is 0 Å². The molecule has 0 amide bonds. The van der Waals surface area contributed by atoms with Crippen molar-refractivity contribution < 1.29 is 87.8 Å². The molecular formula is C81H79N5O18S6. The first-order chi connectivity index (χ1) is 51.9. The third kappa shape index (κ3) is 22.1. The molecule has 1 aliphatic carbocycles. The zero-order chi connectivity index (χ0) is 78.9. The van der Waals surface area contributed by atoms with Crippen molar-refractivity contribution in [3.05, 3.63) is 306 Å². The minimum absolute atomic E-state index is 0.165. The maximum Gasteiger partial charge on any atom is 0.294 e. The van der Waals surface area contributed by atoms with Gasteiger partial charge in [0, 0.05) is 77.0 Å². The van der Waals surface area contributed by atoms with Crippen molar-refractivity contribution in [1.29, 1.82) is 0 Å². The second kappa shape index (κ2) is 34.0. The van der Waals surface area contributed by atoms with Gasteiger partial charge in [-0.15, -0.1) is 0 Å². The lowest BCUT2D eigenvalue weighted by atomic mass is 9.71. The largest absolute Gasteiger partial charge is 0.744 e. The highest BCUT2D eigenvalue weighted by atomic mass is 32.2. The summed E-state index contributed by atoms with van der Waals surface area (Å²) in [5.74, 6) is -3.53. The van der Waals surface area contributed by atoms with Gasteiger partial charge in [0.15, 0.2) is 0 Å². The highest BCUT2D eigenvalue weighted by Gasteiger charge is 2.32. The van der Waals surface area contributed by atoms with E-state index in [9.17, 15) is 77.8 Å². The normalized spacial score (nSPS) is 14.9. The average Bonchev–Trinajstić information content (AvgIpc) is 0.803. The summed E-state index contributed by atoms with van der Waals surface area (Å²) in [7, 11) is -28.5. The van der Waals surface area contributed by atoms with Crippen molar-refractivity contribution in [3.63, 3.8) is 0 Å². The molecule has 11 rings (SSSR count). The van der Waals surface area contributed by atoms with Gasteiger partial charge in [-0.05, 0) is 252 Å². The highest BCUT2D eigenvalue weighted by Crippen LogP contribution is 2.48. The van der Waals surface area contributed by atoms with Gasteiger partial charge in [0.25, 0.3) is 40.5 Å². The summed E-state index contributed by atoms with van der Waals surface area (Å²) in [6, 6.07) is 64.3. The number of hydrogen-bond acceptors (Lipinski definition) is 17. The number of rotatable bonds is 31. The van der Waals surface area contributed by atoms with Crippen LogP contribution in [0.15, 0.2) is 296 Å². The summed E-state index contributed by atoms with van der Waals surface area (Å²) >= 11 is 0. The second-order valence-corrected chi connectivity index (χ2v) is 35.8. The first kappa shape index (κ1) is 80.9. The first-order valence-corrected chi connectivity index (χ1v) is 43.3. The van der Waals surface area contributed by atoms with Gasteiger partial charge < -0.3 is 25.5 Å². The van der Waals surface area contributed by atoms with E-state index < -0.39 is 105 Å². The second-order valence-electron chi connectivity index (χ2n) is 27.4. The number of nitrogens with two attached hydrogens (primary N) is 1. The van der Waals surface area contributed by atoms with Gasteiger partial charge in [-0.3, -0.25) is 18.2 Å². The SMILES string of the molecule is CC(CC(CC(CC(CC(CC(CC(C)c1ccc(S(=O)(=O)O)cc1)c1ccc(S(=O)(=O)O)cc1)c1ccc(S(=O)(=O)[O-])cc1)c1ccc(S(=O)(=O)[O-])cc1)c1ccc(Nc2ccc([NH+]=C3C=CC(=[NH+]c4ccc(Nc5ccc(N)cc5)cc4)C=C3)cc2)cc1)c1ccc(S(=O)(=O)O)cc1)c1ccc(S(=O)(=O)O)cc1. The summed E-state index contributed by atoms with van der Waals surface area (Å²) in [4.78, 5) is 4.41. The maximum absolute atomic E-state index is 12.6. The van der Waals surface area contributed by atoms with E-state index in [0.717, 1.165) is 45.4 Å². The van der Waals surface area contributed by atoms with E-state index >= 15 is 0 Å². The molecule has 10 aromatic carbocycles. The Labute approximate surface area is 640 Å². The number of nitrogens with one attached hydrogen (secondary N) is 4. The predicted molar refractivity (Wildman–Crippen MR) is 418 cm³/mol. The fourth-order valence-electron chi connectivity index (χ4n) is 13.9.